The van der Waals surface area contributed by atoms with Crippen molar-refractivity contribution in [1.82, 2.24) is 5.32 Å². The van der Waals surface area contributed by atoms with Crippen LogP contribution in [0.3, 0.4) is 0 Å². The third-order valence-corrected chi connectivity index (χ3v) is 5.64. The second-order valence-corrected chi connectivity index (χ2v) is 7.34. The van der Waals surface area contributed by atoms with Crippen molar-refractivity contribution in [3.63, 3.8) is 0 Å². The van der Waals surface area contributed by atoms with Gasteiger partial charge in [0.15, 0.2) is 0 Å². The second-order valence-electron chi connectivity index (χ2n) is 7.34. The molecule has 3 rings (SSSR count). The molecule has 0 aromatic heterocycles. The van der Waals surface area contributed by atoms with E-state index in [0.29, 0.717) is 19.8 Å². The van der Waals surface area contributed by atoms with Crippen LogP contribution < -0.4 is 11.1 Å². The third-order valence-electron chi connectivity index (χ3n) is 5.64. The summed E-state index contributed by atoms with van der Waals surface area (Å²) >= 11 is 0. The molecule has 3 N–H and O–H groups in total. The molecule has 0 radical (unpaired) electrons. The van der Waals surface area contributed by atoms with Gasteiger partial charge in [-0.2, -0.15) is 0 Å². The molecule has 152 valence electrons. The standard InChI is InChI=1S/C22H27FN2O2.ClH/c1-16(20(24)17-5-3-2-4-6-17)21(26)25-15-22(11-13-27-14-12-22)18-7-9-19(23)10-8-18;/h2-10,16,20H,11-15,24H2,1H3,(H,25,26);1H. The summed E-state index contributed by atoms with van der Waals surface area (Å²) < 4.78 is 18.9. The zero-order valence-electron chi connectivity index (χ0n) is 16.1. The van der Waals surface area contributed by atoms with Crippen LogP contribution in [-0.2, 0) is 14.9 Å². The summed E-state index contributed by atoms with van der Waals surface area (Å²) in [6, 6.07) is 15.9. The first-order chi connectivity index (χ1) is 13.0. The SMILES string of the molecule is CC(C(=O)NCC1(c2ccc(F)cc2)CCOCC1)C(N)c1ccccc1.Cl. The maximum Gasteiger partial charge on any atom is 0.224 e. The summed E-state index contributed by atoms with van der Waals surface area (Å²) in [5, 5.41) is 3.09. The van der Waals surface area contributed by atoms with Crippen molar-refractivity contribution in [1.29, 1.82) is 0 Å². The first-order valence-electron chi connectivity index (χ1n) is 9.44. The average Bonchev–Trinajstić information content (AvgIpc) is 2.72. The van der Waals surface area contributed by atoms with E-state index in [0.717, 1.165) is 24.0 Å². The molecule has 1 aliphatic heterocycles. The largest absolute Gasteiger partial charge is 0.381 e. The number of nitrogens with one attached hydrogen (secondary N) is 1. The molecule has 1 amide bonds. The third kappa shape index (κ3) is 5.10. The Hall–Kier alpha value is -1.95. The summed E-state index contributed by atoms with van der Waals surface area (Å²) in [7, 11) is 0. The Labute approximate surface area is 172 Å². The number of benzene rings is 2. The topological polar surface area (TPSA) is 64.3 Å². The molecule has 2 unspecified atom stereocenters. The molecule has 0 spiro atoms. The van der Waals surface area contributed by atoms with Gasteiger partial charge in [-0.15, -0.1) is 12.4 Å². The van der Waals surface area contributed by atoms with Gasteiger partial charge in [-0.1, -0.05) is 49.4 Å². The van der Waals surface area contributed by atoms with Crippen LogP contribution in [0.1, 0.15) is 36.9 Å². The maximum atomic E-state index is 13.3. The van der Waals surface area contributed by atoms with Gasteiger partial charge in [0.05, 0.1) is 5.92 Å². The van der Waals surface area contributed by atoms with Gasteiger partial charge in [0.25, 0.3) is 0 Å². The van der Waals surface area contributed by atoms with E-state index in [-0.39, 0.29) is 41.5 Å². The highest BCUT2D eigenvalue weighted by molar-refractivity contribution is 5.85. The molecule has 0 aliphatic carbocycles. The van der Waals surface area contributed by atoms with Crippen molar-refractivity contribution < 1.29 is 13.9 Å². The monoisotopic (exact) mass is 406 g/mol. The lowest BCUT2D eigenvalue weighted by Crippen LogP contribution is -2.46. The van der Waals surface area contributed by atoms with Crippen LogP contribution in [0.5, 0.6) is 0 Å². The number of ether oxygens (including phenoxy) is 1. The molecule has 0 bridgehead atoms. The predicted molar refractivity (Wildman–Crippen MR) is 111 cm³/mol. The number of hydrogen-bond donors (Lipinski definition) is 2. The number of carbonyl (C=O) groups is 1. The number of halogens is 2. The molecule has 2 aromatic carbocycles. The van der Waals surface area contributed by atoms with Crippen molar-refractivity contribution in [2.24, 2.45) is 11.7 Å². The summed E-state index contributed by atoms with van der Waals surface area (Å²) in [5.74, 6) is -0.677. The van der Waals surface area contributed by atoms with Gasteiger partial charge in [0.2, 0.25) is 5.91 Å². The lowest BCUT2D eigenvalue weighted by molar-refractivity contribution is -0.125. The predicted octanol–water partition coefficient (Wildman–Crippen LogP) is 3.75. The smallest absolute Gasteiger partial charge is 0.224 e. The summed E-state index contributed by atoms with van der Waals surface area (Å²) in [4.78, 5) is 12.7. The first-order valence-corrected chi connectivity index (χ1v) is 9.44. The van der Waals surface area contributed by atoms with E-state index in [1.165, 1.54) is 12.1 Å². The summed E-state index contributed by atoms with van der Waals surface area (Å²) in [6.07, 6.45) is 1.58. The average molecular weight is 407 g/mol. The van der Waals surface area contributed by atoms with Gasteiger partial charge in [0.1, 0.15) is 5.82 Å². The van der Waals surface area contributed by atoms with Crippen molar-refractivity contribution >= 4 is 18.3 Å². The minimum Gasteiger partial charge on any atom is -0.381 e. The highest BCUT2D eigenvalue weighted by Gasteiger charge is 2.35. The number of nitrogens with two attached hydrogens (primary N) is 1. The van der Waals surface area contributed by atoms with Gasteiger partial charge >= 0.3 is 0 Å². The number of rotatable bonds is 6. The molecular formula is C22H28ClFN2O2. The van der Waals surface area contributed by atoms with Gasteiger partial charge in [-0.25, -0.2) is 4.39 Å². The van der Waals surface area contributed by atoms with E-state index in [2.05, 4.69) is 5.32 Å². The highest BCUT2D eigenvalue weighted by Crippen LogP contribution is 2.34. The van der Waals surface area contributed by atoms with Gasteiger partial charge in [0, 0.05) is 31.2 Å². The Balaban J connectivity index is 0.00000280. The summed E-state index contributed by atoms with van der Waals surface area (Å²) in [6.45, 7) is 3.60. The minimum atomic E-state index is -0.359. The summed E-state index contributed by atoms with van der Waals surface area (Å²) in [5.41, 5.74) is 8.03. The van der Waals surface area contributed by atoms with E-state index in [1.807, 2.05) is 49.4 Å². The van der Waals surface area contributed by atoms with Crippen LogP contribution in [0.15, 0.2) is 54.6 Å². The number of amides is 1. The quantitative estimate of drug-likeness (QED) is 0.767. The minimum absolute atomic E-state index is 0. The van der Waals surface area contributed by atoms with Crippen LogP contribution in [-0.4, -0.2) is 25.7 Å². The fourth-order valence-electron chi connectivity index (χ4n) is 3.68. The highest BCUT2D eigenvalue weighted by atomic mass is 35.5. The van der Waals surface area contributed by atoms with Crippen LogP contribution in [0.25, 0.3) is 0 Å². The van der Waals surface area contributed by atoms with Crippen LogP contribution >= 0.6 is 12.4 Å². The molecule has 1 heterocycles. The van der Waals surface area contributed by atoms with Gasteiger partial charge in [-0.05, 0) is 36.1 Å². The lowest BCUT2D eigenvalue weighted by Gasteiger charge is -2.38. The normalized spacial score (nSPS) is 17.8. The van der Waals surface area contributed by atoms with E-state index in [1.54, 1.807) is 0 Å². The molecule has 1 saturated heterocycles. The fraction of sp³-hybridized carbons (Fsp3) is 0.409. The second kappa shape index (κ2) is 10.0. The van der Waals surface area contributed by atoms with Crippen molar-refractivity contribution in [3.8, 4) is 0 Å². The Morgan fingerprint density at radius 2 is 1.75 bits per heavy atom. The van der Waals surface area contributed by atoms with E-state index in [9.17, 15) is 9.18 Å². The lowest BCUT2D eigenvalue weighted by atomic mass is 9.74. The maximum absolute atomic E-state index is 13.3. The number of hydrogen-bond acceptors (Lipinski definition) is 3. The zero-order valence-corrected chi connectivity index (χ0v) is 16.9. The Kier molecular flexibility index (Phi) is 7.98. The zero-order chi connectivity index (χ0) is 19.3. The molecule has 2 atom stereocenters. The van der Waals surface area contributed by atoms with Crippen LogP contribution in [0, 0.1) is 11.7 Å². The van der Waals surface area contributed by atoms with Gasteiger partial charge < -0.3 is 15.8 Å². The molecule has 28 heavy (non-hydrogen) atoms. The number of carbonyl (C=O) groups excluding carboxylic acids is 1. The van der Waals surface area contributed by atoms with Gasteiger partial charge in [-0.3, -0.25) is 4.79 Å². The Bertz CT molecular complexity index is 749. The van der Waals surface area contributed by atoms with Crippen LogP contribution in [0.2, 0.25) is 0 Å². The molecule has 2 aromatic rings. The Morgan fingerprint density at radius 1 is 1.14 bits per heavy atom. The van der Waals surface area contributed by atoms with Crippen LogP contribution in [0.4, 0.5) is 4.39 Å². The first kappa shape index (κ1) is 22.3. The van der Waals surface area contributed by atoms with E-state index < -0.39 is 0 Å². The molecular weight excluding hydrogens is 379 g/mol. The van der Waals surface area contributed by atoms with Crippen molar-refractivity contribution in [2.75, 3.05) is 19.8 Å². The van der Waals surface area contributed by atoms with Crippen molar-refractivity contribution in [2.45, 2.75) is 31.2 Å². The van der Waals surface area contributed by atoms with E-state index >= 15 is 0 Å². The van der Waals surface area contributed by atoms with E-state index in [4.69, 9.17) is 10.5 Å². The molecule has 6 heteroatoms. The molecule has 0 saturated carbocycles. The molecule has 1 fully saturated rings. The molecule has 4 nitrogen and oxygen atoms in total. The molecule has 1 aliphatic rings. The van der Waals surface area contributed by atoms with Crippen molar-refractivity contribution in [3.05, 3.63) is 71.5 Å². The Morgan fingerprint density at radius 3 is 2.36 bits per heavy atom. The fourth-order valence-corrected chi connectivity index (χ4v) is 3.68.